The maximum absolute atomic E-state index is 5.75. The number of ether oxygens (including phenoxy) is 1. The second kappa shape index (κ2) is 5.04. The van der Waals surface area contributed by atoms with Gasteiger partial charge in [0.25, 0.3) is 0 Å². The van der Waals surface area contributed by atoms with Crippen LogP contribution in [0.25, 0.3) is 11.0 Å². The van der Waals surface area contributed by atoms with Gasteiger partial charge in [-0.15, -0.1) is 0 Å². The van der Waals surface area contributed by atoms with Crippen LogP contribution in [0.4, 0.5) is 0 Å². The van der Waals surface area contributed by atoms with E-state index in [0.717, 1.165) is 22.3 Å². The Bertz CT molecular complexity index is 712. The first kappa shape index (κ1) is 11.6. The van der Waals surface area contributed by atoms with Crippen molar-refractivity contribution in [3.05, 3.63) is 60.3 Å². The molecule has 1 heterocycles. The second-order valence-electron chi connectivity index (χ2n) is 4.11. The third-order valence-corrected chi connectivity index (χ3v) is 2.83. The molecule has 0 aliphatic rings. The number of para-hydroxylation sites is 3. The third kappa shape index (κ3) is 2.39. The molecule has 0 spiro atoms. The van der Waals surface area contributed by atoms with E-state index in [9.17, 15) is 0 Å². The lowest BCUT2D eigenvalue weighted by atomic mass is 10.2. The molecule has 2 N–H and O–H groups in total. The molecule has 0 atom stereocenters. The van der Waals surface area contributed by atoms with Gasteiger partial charge in [0, 0.05) is 12.1 Å². The van der Waals surface area contributed by atoms with Gasteiger partial charge in [0.2, 0.25) is 5.88 Å². The van der Waals surface area contributed by atoms with Crippen LogP contribution in [0.3, 0.4) is 0 Å². The predicted molar refractivity (Wildman–Crippen MR) is 73.9 cm³/mol. The molecule has 4 heteroatoms. The second-order valence-corrected chi connectivity index (χ2v) is 4.11. The first-order valence-electron chi connectivity index (χ1n) is 6.04. The van der Waals surface area contributed by atoms with E-state index >= 15 is 0 Å². The Morgan fingerprint density at radius 3 is 2.53 bits per heavy atom. The average molecular weight is 251 g/mol. The van der Waals surface area contributed by atoms with Gasteiger partial charge in [0.05, 0.1) is 17.2 Å². The van der Waals surface area contributed by atoms with Crippen LogP contribution in [0.2, 0.25) is 0 Å². The van der Waals surface area contributed by atoms with Crippen molar-refractivity contribution in [1.29, 1.82) is 0 Å². The van der Waals surface area contributed by atoms with Crippen LogP contribution < -0.4 is 10.5 Å². The summed E-state index contributed by atoms with van der Waals surface area (Å²) in [5.74, 6) is 1.19. The predicted octanol–water partition coefficient (Wildman–Crippen LogP) is 2.88. The first-order chi connectivity index (χ1) is 9.36. The molecular formula is C15H13N3O. The minimum absolute atomic E-state index is 0.428. The molecule has 0 saturated heterocycles. The molecule has 3 rings (SSSR count). The highest BCUT2D eigenvalue weighted by molar-refractivity contribution is 5.74. The summed E-state index contributed by atoms with van der Waals surface area (Å²) >= 11 is 0. The summed E-state index contributed by atoms with van der Waals surface area (Å²) in [5, 5.41) is 0. The maximum Gasteiger partial charge on any atom is 0.238 e. The van der Waals surface area contributed by atoms with Gasteiger partial charge in [-0.3, -0.25) is 0 Å². The molecule has 3 aromatic rings. The molecule has 2 aromatic carbocycles. The van der Waals surface area contributed by atoms with Crippen LogP contribution in [0.1, 0.15) is 5.56 Å². The molecule has 0 unspecified atom stereocenters. The Morgan fingerprint density at radius 2 is 1.68 bits per heavy atom. The van der Waals surface area contributed by atoms with Crippen LogP contribution >= 0.6 is 0 Å². The van der Waals surface area contributed by atoms with Crippen LogP contribution in [0.15, 0.2) is 54.7 Å². The standard InChI is InChI=1S/C15H13N3O/c16-9-11-5-1-4-8-14(11)19-15-10-17-12-6-2-3-7-13(12)18-15/h1-8,10H,9,16H2. The lowest BCUT2D eigenvalue weighted by molar-refractivity contribution is 0.457. The quantitative estimate of drug-likeness (QED) is 0.777. The fraction of sp³-hybridized carbons (Fsp3) is 0.0667. The summed E-state index contributed by atoms with van der Waals surface area (Å²) in [4.78, 5) is 8.73. The van der Waals surface area contributed by atoms with E-state index in [1.165, 1.54) is 0 Å². The zero-order valence-electron chi connectivity index (χ0n) is 10.3. The molecular weight excluding hydrogens is 238 g/mol. The Balaban J connectivity index is 1.96. The monoisotopic (exact) mass is 251 g/mol. The summed E-state index contributed by atoms with van der Waals surface area (Å²) in [5.41, 5.74) is 8.28. The number of hydrogen-bond donors (Lipinski definition) is 1. The molecule has 0 aliphatic carbocycles. The largest absolute Gasteiger partial charge is 0.437 e. The topological polar surface area (TPSA) is 61.0 Å². The van der Waals surface area contributed by atoms with E-state index in [2.05, 4.69) is 9.97 Å². The molecule has 0 saturated carbocycles. The van der Waals surface area contributed by atoms with Crippen molar-refractivity contribution in [2.45, 2.75) is 6.54 Å². The molecule has 0 amide bonds. The maximum atomic E-state index is 5.75. The van der Waals surface area contributed by atoms with Gasteiger partial charge in [-0.05, 0) is 18.2 Å². The van der Waals surface area contributed by atoms with Crippen molar-refractivity contribution in [3.8, 4) is 11.6 Å². The highest BCUT2D eigenvalue weighted by Crippen LogP contribution is 2.24. The number of aromatic nitrogens is 2. The lowest BCUT2D eigenvalue weighted by Gasteiger charge is -2.08. The van der Waals surface area contributed by atoms with Gasteiger partial charge in [0.1, 0.15) is 5.75 Å². The molecule has 0 fully saturated rings. The molecule has 4 nitrogen and oxygen atoms in total. The van der Waals surface area contributed by atoms with Gasteiger partial charge in [0.15, 0.2) is 0 Å². The molecule has 94 valence electrons. The summed E-state index contributed by atoms with van der Waals surface area (Å²) in [7, 11) is 0. The van der Waals surface area contributed by atoms with E-state index in [4.69, 9.17) is 10.5 Å². The molecule has 19 heavy (non-hydrogen) atoms. The van der Waals surface area contributed by atoms with E-state index < -0.39 is 0 Å². The van der Waals surface area contributed by atoms with E-state index in [1.807, 2.05) is 48.5 Å². The molecule has 0 bridgehead atoms. The Labute approximate surface area is 110 Å². The Hall–Kier alpha value is -2.46. The molecule has 0 radical (unpaired) electrons. The summed E-state index contributed by atoms with van der Waals surface area (Å²) in [6.45, 7) is 0.428. The number of rotatable bonds is 3. The van der Waals surface area contributed by atoms with E-state index in [1.54, 1.807) is 6.20 Å². The number of benzene rings is 2. The smallest absolute Gasteiger partial charge is 0.238 e. The van der Waals surface area contributed by atoms with Crippen LogP contribution in [-0.2, 0) is 6.54 Å². The summed E-state index contributed by atoms with van der Waals surface area (Å²) in [6.07, 6.45) is 1.62. The highest BCUT2D eigenvalue weighted by Gasteiger charge is 2.05. The van der Waals surface area contributed by atoms with Gasteiger partial charge in [-0.25, -0.2) is 9.97 Å². The fourth-order valence-electron chi connectivity index (χ4n) is 1.87. The Kier molecular flexibility index (Phi) is 3.08. The SMILES string of the molecule is NCc1ccccc1Oc1cnc2ccccc2n1. The van der Waals surface area contributed by atoms with E-state index in [0.29, 0.717) is 12.4 Å². The molecule has 0 aliphatic heterocycles. The van der Waals surface area contributed by atoms with Crippen LogP contribution in [-0.4, -0.2) is 9.97 Å². The molecule has 1 aromatic heterocycles. The van der Waals surface area contributed by atoms with Crippen molar-refractivity contribution < 1.29 is 4.74 Å². The van der Waals surface area contributed by atoms with Crippen molar-refractivity contribution in [2.24, 2.45) is 5.73 Å². The zero-order chi connectivity index (χ0) is 13.1. The minimum Gasteiger partial charge on any atom is -0.437 e. The van der Waals surface area contributed by atoms with Crippen LogP contribution in [0, 0.1) is 0 Å². The highest BCUT2D eigenvalue weighted by atomic mass is 16.5. The van der Waals surface area contributed by atoms with E-state index in [-0.39, 0.29) is 0 Å². The van der Waals surface area contributed by atoms with Gasteiger partial charge in [-0.2, -0.15) is 0 Å². The summed E-state index contributed by atoms with van der Waals surface area (Å²) < 4.78 is 5.75. The van der Waals surface area contributed by atoms with Gasteiger partial charge in [-0.1, -0.05) is 30.3 Å². The number of nitrogens with two attached hydrogens (primary N) is 1. The van der Waals surface area contributed by atoms with Gasteiger partial charge < -0.3 is 10.5 Å². The van der Waals surface area contributed by atoms with Crippen LogP contribution in [0.5, 0.6) is 11.6 Å². The van der Waals surface area contributed by atoms with Crippen molar-refractivity contribution in [2.75, 3.05) is 0 Å². The Morgan fingerprint density at radius 1 is 0.947 bits per heavy atom. The number of hydrogen-bond acceptors (Lipinski definition) is 4. The fourth-order valence-corrected chi connectivity index (χ4v) is 1.87. The summed E-state index contributed by atoms with van der Waals surface area (Å²) in [6, 6.07) is 15.3. The van der Waals surface area contributed by atoms with Crippen molar-refractivity contribution in [3.63, 3.8) is 0 Å². The number of fused-ring (bicyclic) bond motifs is 1. The lowest BCUT2D eigenvalue weighted by Crippen LogP contribution is -2.00. The zero-order valence-corrected chi connectivity index (χ0v) is 10.3. The van der Waals surface area contributed by atoms with Gasteiger partial charge >= 0.3 is 0 Å². The van der Waals surface area contributed by atoms with Crippen molar-refractivity contribution >= 4 is 11.0 Å². The third-order valence-electron chi connectivity index (χ3n) is 2.83. The minimum atomic E-state index is 0.428. The normalized spacial score (nSPS) is 10.6. The first-order valence-corrected chi connectivity index (χ1v) is 6.04. The van der Waals surface area contributed by atoms with Crippen molar-refractivity contribution in [1.82, 2.24) is 9.97 Å². The average Bonchev–Trinajstić information content (AvgIpc) is 2.48. The number of nitrogens with zero attached hydrogens (tertiary/aromatic N) is 2.